The van der Waals surface area contributed by atoms with E-state index in [2.05, 4.69) is 49.8 Å². The number of rotatable bonds is 10. The van der Waals surface area contributed by atoms with Crippen molar-refractivity contribution in [1.82, 2.24) is 27.3 Å². The Morgan fingerprint density at radius 1 is 0.594 bits per heavy atom. The summed E-state index contributed by atoms with van der Waals surface area (Å²) < 4.78 is 118. The molecule has 0 N–H and O–H groups in total. The van der Waals surface area contributed by atoms with E-state index in [1.165, 1.54) is 34.8 Å². The molecule has 0 aliphatic carbocycles. The minimum atomic E-state index is -4.36. The fourth-order valence-corrected chi connectivity index (χ4v) is 13.2. The second-order valence-electron chi connectivity index (χ2n) is 16.2. The van der Waals surface area contributed by atoms with Crippen LogP contribution in [0.25, 0.3) is 0 Å². The van der Waals surface area contributed by atoms with Gasteiger partial charge >= 0.3 is 0 Å². The SMILES string of the molecule is CC1CN(c2nc(Cc3ccc(F)cc3)ns2)CCN1S(=O)(=O)c1ccc(F)c(F)c1F.Cc1ccc(Cc2nsc(N3CCN(S(=O)(=O)c4c(C)cc(C)cc4C)C(C)C3)n2)cc1. The summed E-state index contributed by atoms with van der Waals surface area (Å²) in [7, 11) is -7.92. The largest absolute Gasteiger partial charge is 0.344 e. The van der Waals surface area contributed by atoms with Crippen LogP contribution in [-0.4, -0.2) is 95.5 Å². The average molecular weight is 957 g/mol. The Balaban J connectivity index is 0.000000191. The first-order chi connectivity index (χ1) is 30.3. The quantitative estimate of drug-likeness (QED) is 0.0989. The fraction of sp³-hybridized carbons (Fsp3) is 0.364. The number of anilines is 2. The molecular formula is C44H48F4N8O4S4. The number of benzene rings is 4. The van der Waals surface area contributed by atoms with Crippen LogP contribution < -0.4 is 9.80 Å². The molecule has 64 heavy (non-hydrogen) atoms. The first kappa shape index (κ1) is 47.1. The van der Waals surface area contributed by atoms with E-state index < -0.39 is 48.4 Å². The Bertz CT molecular complexity index is 2820. The second-order valence-corrected chi connectivity index (χ2v) is 21.3. The minimum Gasteiger partial charge on any atom is -0.344 e. The van der Waals surface area contributed by atoms with Gasteiger partial charge in [-0.05, 0) is 88.1 Å². The molecule has 0 radical (unpaired) electrons. The van der Waals surface area contributed by atoms with Crippen LogP contribution in [0.3, 0.4) is 0 Å². The van der Waals surface area contributed by atoms with Gasteiger partial charge in [-0.2, -0.15) is 17.4 Å². The minimum absolute atomic E-state index is 0.00874. The summed E-state index contributed by atoms with van der Waals surface area (Å²) >= 11 is 2.55. The average Bonchev–Trinajstić information content (AvgIpc) is 3.91. The molecule has 0 amide bonds. The Morgan fingerprint density at radius 2 is 1.06 bits per heavy atom. The van der Waals surface area contributed by atoms with Crippen LogP contribution in [0.2, 0.25) is 0 Å². The van der Waals surface area contributed by atoms with Gasteiger partial charge in [-0.15, -0.1) is 0 Å². The van der Waals surface area contributed by atoms with Crippen LogP contribution in [0.1, 0.15) is 58.9 Å². The molecule has 12 nitrogen and oxygen atoms in total. The smallest absolute Gasteiger partial charge is 0.246 e. The Morgan fingerprint density at radius 3 is 1.55 bits per heavy atom. The monoisotopic (exact) mass is 956 g/mol. The summed E-state index contributed by atoms with van der Waals surface area (Å²) in [6.07, 6.45) is 1.13. The van der Waals surface area contributed by atoms with Crippen molar-refractivity contribution in [2.24, 2.45) is 0 Å². The third kappa shape index (κ3) is 10.3. The number of halogens is 4. The first-order valence-electron chi connectivity index (χ1n) is 20.5. The van der Waals surface area contributed by atoms with Gasteiger partial charge in [0.25, 0.3) is 0 Å². The van der Waals surface area contributed by atoms with Crippen molar-refractivity contribution in [2.45, 2.75) is 76.3 Å². The van der Waals surface area contributed by atoms with E-state index >= 15 is 0 Å². The highest BCUT2D eigenvalue weighted by molar-refractivity contribution is 7.89. The molecule has 0 saturated carbocycles. The Kier molecular flexibility index (Phi) is 14.2. The number of sulfonamides is 2. The lowest BCUT2D eigenvalue weighted by atomic mass is 10.1. The topological polar surface area (TPSA) is 133 Å². The maximum absolute atomic E-state index is 14.1. The third-order valence-electron chi connectivity index (χ3n) is 11.1. The van der Waals surface area contributed by atoms with Crippen LogP contribution in [0.5, 0.6) is 0 Å². The van der Waals surface area contributed by atoms with Crippen LogP contribution in [-0.2, 0) is 32.9 Å². The highest BCUT2D eigenvalue weighted by atomic mass is 32.2. The van der Waals surface area contributed by atoms with Crippen molar-refractivity contribution in [1.29, 1.82) is 0 Å². The Labute approximate surface area is 379 Å². The van der Waals surface area contributed by atoms with Crippen LogP contribution in [0, 0.1) is 51.0 Å². The number of aromatic nitrogens is 4. The molecule has 4 heterocycles. The van der Waals surface area contributed by atoms with E-state index in [0.29, 0.717) is 54.4 Å². The zero-order valence-corrected chi connectivity index (χ0v) is 39.4. The lowest BCUT2D eigenvalue weighted by molar-refractivity contribution is 0.304. The molecule has 0 bridgehead atoms. The highest BCUT2D eigenvalue weighted by Crippen LogP contribution is 2.31. The van der Waals surface area contributed by atoms with Gasteiger partial charge in [-0.3, -0.25) is 0 Å². The molecule has 2 fully saturated rings. The molecule has 2 aromatic heterocycles. The summed E-state index contributed by atoms with van der Waals surface area (Å²) in [6, 6.07) is 18.9. The molecule has 6 aromatic rings. The van der Waals surface area contributed by atoms with Gasteiger partial charge in [0.2, 0.25) is 30.3 Å². The maximum Gasteiger partial charge on any atom is 0.246 e. The molecule has 340 valence electrons. The number of hydrogen-bond acceptors (Lipinski definition) is 12. The van der Waals surface area contributed by atoms with E-state index in [1.807, 2.05) is 44.7 Å². The van der Waals surface area contributed by atoms with Crippen LogP contribution in [0.15, 0.2) is 82.6 Å². The lowest BCUT2D eigenvalue weighted by Gasteiger charge is -2.39. The predicted octanol–water partition coefficient (Wildman–Crippen LogP) is 7.85. The maximum atomic E-state index is 14.1. The van der Waals surface area contributed by atoms with Crippen molar-refractivity contribution in [2.75, 3.05) is 49.1 Å². The molecule has 2 saturated heterocycles. The van der Waals surface area contributed by atoms with Gasteiger partial charge in [0.15, 0.2) is 17.5 Å². The predicted molar refractivity (Wildman–Crippen MR) is 241 cm³/mol. The van der Waals surface area contributed by atoms with Crippen molar-refractivity contribution in [3.05, 3.63) is 141 Å². The van der Waals surface area contributed by atoms with Gasteiger partial charge in [-0.25, -0.2) is 44.4 Å². The van der Waals surface area contributed by atoms with Crippen molar-refractivity contribution >= 4 is 53.4 Å². The molecule has 8 rings (SSSR count). The molecule has 2 atom stereocenters. The van der Waals surface area contributed by atoms with Gasteiger partial charge < -0.3 is 9.80 Å². The summed E-state index contributed by atoms with van der Waals surface area (Å²) in [5, 5.41) is 1.46. The van der Waals surface area contributed by atoms with E-state index in [9.17, 15) is 34.4 Å². The molecule has 4 aromatic carbocycles. The van der Waals surface area contributed by atoms with Crippen molar-refractivity contribution < 1.29 is 34.4 Å². The molecule has 2 aliphatic heterocycles. The fourth-order valence-electron chi connectivity index (χ4n) is 8.03. The Hall–Kier alpha value is -4.86. The second kappa shape index (κ2) is 19.3. The van der Waals surface area contributed by atoms with E-state index in [0.717, 1.165) is 55.1 Å². The summed E-state index contributed by atoms with van der Waals surface area (Å²) in [5.74, 6) is -3.96. The zero-order chi connectivity index (χ0) is 46.1. The number of aryl methyl sites for hydroxylation is 4. The normalized spacial score (nSPS) is 17.7. The number of hydrogen-bond donors (Lipinski definition) is 0. The lowest BCUT2D eigenvalue weighted by Crippen LogP contribution is -2.54. The molecule has 20 heteroatoms. The van der Waals surface area contributed by atoms with Crippen LogP contribution >= 0.6 is 23.1 Å². The molecule has 0 spiro atoms. The molecule has 2 unspecified atom stereocenters. The summed E-state index contributed by atoms with van der Waals surface area (Å²) in [5.41, 5.74) is 5.97. The van der Waals surface area contributed by atoms with Crippen molar-refractivity contribution in [3.8, 4) is 0 Å². The zero-order valence-electron chi connectivity index (χ0n) is 36.1. The van der Waals surface area contributed by atoms with E-state index in [1.54, 1.807) is 23.4 Å². The van der Waals surface area contributed by atoms with Gasteiger partial charge in [0, 0.05) is 87.3 Å². The van der Waals surface area contributed by atoms with E-state index in [-0.39, 0.29) is 31.5 Å². The summed E-state index contributed by atoms with van der Waals surface area (Å²) in [6.45, 7) is 13.6. The van der Waals surface area contributed by atoms with Crippen molar-refractivity contribution in [3.63, 3.8) is 0 Å². The van der Waals surface area contributed by atoms with Gasteiger partial charge in [0.1, 0.15) is 22.4 Å². The van der Waals surface area contributed by atoms with E-state index in [4.69, 9.17) is 4.98 Å². The van der Waals surface area contributed by atoms with Gasteiger partial charge in [-0.1, -0.05) is 59.7 Å². The van der Waals surface area contributed by atoms with Gasteiger partial charge in [0.05, 0.1) is 4.90 Å². The van der Waals surface area contributed by atoms with Crippen LogP contribution in [0.4, 0.5) is 27.8 Å². The number of nitrogens with zero attached hydrogens (tertiary/aromatic N) is 8. The summed E-state index contributed by atoms with van der Waals surface area (Å²) in [4.78, 5) is 12.8. The standard InChI is InChI=1S/C24H30N4O2S2.C20H18F4N4O2S2/c1-16-6-8-21(9-7-16)14-22-25-24(31-26-22)27-10-11-28(20(5)15-27)32(29,30)23-18(3)12-17(2)13-19(23)4;1-12-11-27(20-25-17(26-31-20)10-13-2-4-14(21)5-3-13)8-9-28(12)32(29,30)16-7-6-15(22)18(23)19(16)24/h6-9,12-13,20H,10-11,14-15H2,1-5H3;2-7,12H,8-11H2,1H3. The third-order valence-corrected chi connectivity index (χ3v) is 17.1. The molecule has 2 aliphatic rings. The number of piperazine rings is 2. The molecular weight excluding hydrogens is 909 g/mol. The first-order valence-corrected chi connectivity index (χ1v) is 24.9. The highest BCUT2D eigenvalue weighted by Gasteiger charge is 2.38.